The predicted octanol–water partition coefficient (Wildman–Crippen LogP) is 3.95. The molecule has 0 aliphatic carbocycles. The Hall–Kier alpha value is -0.520. The van der Waals surface area contributed by atoms with Gasteiger partial charge in [-0.1, -0.05) is 38.5 Å². The van der Waals surface area contributed by atoms with Crippen molar-refractivity contribution in [2.45, 2.75) is 40.0 Å². The first kappa shape index (κ1) is 10.5. The molecule has 0 aromatic carbocycles. The van der Waals surface area contributed by atoms with Crippen molar-refractivity contribution in [1.82, 2.24) is 0 Å². The smallest absolute Gasteiger partial charge is 0.0227 e. The van der Waals surface area contributed by atoms with Gasteiger partial charge in [0.05, 0.1) is 0 Å². The normalized spacial score (nSPS) is 14.6. The lowest BCUT2D eigenvalue weighted by atomic mass is 9.99. The molecule has 0 amide bonds. The van der Waals surface area contributed by atoms with Crippen LogP contribution in [0.25, 0.3) is 0 Å². The molecule has 0 saturated carbocycles. The van der Waals surface area contributed by atoms with Crippen LogP contribution in [-0.4, -0.2) is 0 Å². The summed E-state index contributed by atoms with van der Waals surface area (Å²) in [5.74, 6) is 0.632. The fourth-order valence-electron chi connectivity index (χ4n) is 1.16. The van der Waals surface area contributed by atoms with Gasteiger partial charge in [0.2, 0.25) is 0 Å². The largest absolute Gasteiger partial charge is 0.103 e. The minimum atomic E-state index is 0.632. The first-order valence-electron chi connectivity index (χ1n) is 4.55. The van der Waals surface area contributed by atoms with Crippen LogP contribution in [0.5, 0.6) is 0 Å². The molecule has 0 heterocycles. The predicted molar refractivity (Wildman–Crippen MR) is 52.6 cm³/mol. The van der Waals surface area contributed by atoms with E-state index in [1.54, 1.807) is 5.57 Å². The lowest BCUT2D eigenvalue weighted by Gasteiger charge is -2.07. The third kappa shape index (κ3) is 4.83. The van der Waals surface area contributed by atoms with Gasteiger partial charge in [-0.05, 0) is 25.2 Å². The van der Waals surface area contributed by atoms with E-state index in [-0.39, 0.29) is 0 Å². The van der Waals surface area contributed by atoms with E-state index >= 15 is 0 Å². The van der Waals surface area contributed by atoms with Crippen molar-refractivity contribution in [3.05, 3.63) is 24.3 Å². The van der Waals surface area contributed by atoms with Crippen LogP contribution >= 0.6 is 0 Å². The number of hydrogen-bond donors (Lipinski definition) is 0. The van der Waals surface area contributed by atoms with Crippen LogP contribution in [0, 0.1) is 5.92 Å². The molecule has 1 atom stereocenters. The highest BCUT2D eigenvalue weighted by Crippen LogP contribution is 2.15. The van der Waals surface area contributed by atoms with Crippen LogP contribution in [0.2, 0.25) is 0 Å². The van der Waals surface area contributed by atoms with Crippen molar-refractivity contribution in [1.29, 1.82) is 0 Å². The topological polar surface area (TPSA) is 0 Å². The van der Waals surface area contributed by atoms with E-state index in [1.807, 2.05) is 6.08 Å². The number of allylic oxidation sites excluding steroid dienone is 3. The van der Waals surface area contributed by atoms with Crippen molar-refractivity contribution >= 4 is 0 Å². The summed E-state index contributed by atoms with van der Waals surface area (Å²) < 4.78 is 0. The first-order valence-corrected chi connectivity index (χ1v) is 4.55. The van der Waals surface area contributed by atoms with Crippen LogP contribution in [0.4, 0.5) is 0 Å². The summed E-state index contributed by atoms with van der Waals surface area (Å²) in [4.78, 5) is 0. The molecule has 64 valence electrons. The molecule has 0 heteroatoms. The SMILES string of the molecule is C=CC(C)CC(=CCC)CC. The third-order valence-corrected chi connectivity index (χ3v) is 1.93. The standard InChI is InChI=1S/C11H20/c1-5-8-11(7-3)9-10(4)6-2/h6,8,10H,2,5,7,9H2,1,3-4H3. The molecule has 0 N–H and O–H groups in total. The molecule has 0 aliphatic heterocycles. The molecule has 0 bridgehead atoms. The lowest BCUT2D eigenvalue weighted by molar-refractivity contribution is 0.697. The zero-order chi connectivity index (χ0) is 8.69. The Labute approximate surface area is 71.0 Å². The van der Waals surface area contributed by atoms with Gasteiger partial charge in [-0.3, -0.25) is 0 Å². The maximum absolute atomic E-state index is 3.78. The third-order valence-electron chi connectivity index (χ3n) is 1.93. The minimum absolute atomic E-state index is 0.632. The average Bonchev–Trinajstić information content (AvgIpc) is 2.03. The summed E-state index contributed by atoms with van der Waals surface area (Å²) in [6, 6.07) is 0. The van der Waals surface area contributed by atoms with Gasteiger partial charge in [0.25, 0.3) is 0 Å². The second-order valence-electron chi connectivity index (χ2n) is 3.04. The second kappa shape index (κ2) is 6.21. The highest BCUT2D eigenvalue weighted by atomic mass is 14.0. The molecule has 0 radical (unpaired) electrons. The molecule has 0 aromatic rings. The quantitative estimate of drug-likeness (QED) is 0.523. The Kier molecular flexibility index (Phi) is 5.91. The van der Waals surface area contributed by atoms with Crippen LogP contribution in [0.3, 0.4) is 0 Å². The summed E-state index contributed by atoms with van der Waals surface area (Å²) in [7, 11) is 0. The molecule has 0 aliphatic rings. The molecular formula is C11H20. The summed E-state index contributed by atoms with van der Waals surface area (Å²) in [5, 5.41) is 0. The van der Waals surface area contributed by atoms with E-state index in [4.69, 9.17) is 0 Å². The van der Waals surface area contributed by atoms with E-state index in [0.717, 1.165) is 6.42 Å². The summed E-state index contributed by atoms with van der Waals surface area (Å²) in [6.45, 7) is 10.4. The van der Waals surface area contributed by atoms with Gasteiger partial charge in [0, 0.05) is 0 Å². The van der Waals surface area contributed by atoms with Gasteiger partial charge < -0.3 is 0 Å². The Bertz CT molecular complexity index is 131. The number of rotatable bonds is 5. The van der Waals surface area contributed by atoms with Crippen molar-refractivity contribution in [2.75, 3.05) is 0 Å². The van der Waals surface area contributed by atoms with Gasteiger partial charge in [0.15, 0.2) is 0 Å². The van der Waals surface area contributed by atoms with Crippen molar-refractivity contribution in [2.24, 2.45) is 5.92 Å². The zero-order valence-electron chi connectivity index (χ0n) is 8.06. The Morgan fingerprint density at radius 1 is 1.45 bits per heavy atom. The van der Waals surface area contributed by atoms with Gasteiger partial charge in [0.1, 0.15) is 0 Å². The van der Waals surface area contributed by atoms with Crippen molar-refractivity contribution < 1.29 is 0 Å². The van der Waals surface area contributed by atoms with Crippen LogP contribution in [0.1, 0.15) is 40.0 Å². The number of hydrogen-bond acceptors (Lipinski definition) is 0. The van der Waals surface area contributed by atoms with Crippen LogP contribution in [-0.2, 0) is 0 Å². The lowest BCUT2D eigenvalue weighted by Crippen LogP contribution is -1.91. The molecular weight excluding hydrogens is 132 g/mol. The van der Waals surface area contributed by atoms with Crippen molar-refractivity contribution in [3.8, 4) is 0 Å². The molecule has 0 rings (SSSR count). The van der Waals surface area contributed by atoms with Gasteiger partial charge >= 0.3 is 0 Å². The fourth-order valence-corrected chi connectivity index (χ4v) is 1.16. The maximum Gasteiger partial charge on any atom is -0.0227 e. The van der Waals surface area contributed by atoms with Gasteiger partial charge in [-0.15, -0.1) is 6.58 Å². The van der Waals surface area contributed by atoms with Gasteiger partial charge in [-0.2, -0.15) is 0 Å². The molecule has 0 saturated heterocycles. The minimum Gasteiger partial charge on any atom is -0.103 e. The monoisotopic (exact) mass is 152 g/mol. The molecule has 0 spiro atoms. The Balaban J connectivity index is 3.86. The fraction of sp³-hybridized carbons (Fsp3) is 0.636. The van der Waals surface area contributed by atoms with Crippen LogP contribution < -0.4 is 0 Å². The second-order valence-corrected chi connectivity index (χ2v) is 3.04. The average molecular weight is 152 g/mol. The van der Waals surface area contributed by atoms with E-state index in [1.165, 1.54) is 12.8 Å². The van der Waals surface area contributed by atoms with Crippen molar-refractivity contribution in [3.63, 3.8) is 0 Å². The Morgan fingerprint density at radius 3 is 2.45 bits per heavy atom. The molecule has 0 fully saturated rings. The maximum atomic E-state index is 3.78. The summed E-state index contributed by atoms with van der Waals surface area (Å²) in [6.07, 6.45) is 7.89. The molecule has 11 heavy (non-hydrogen) atoms. The first-order chi connectivity index (χ1) is 5.24. The Morgan fingerprint density at radius 2 is 2.09 bits per heavy atom. The molecule has 0 nitrogen and oxygen atoms in total. The highest BCUT2D eigenvalue weighted by molar-refractivity contribution is 5.03. The van der Waals surface area contributed by atoms with E-state index in [2.05, 4.69) is 33.4 Å². The van der Waals surface area contributed by atoms with Gasteiger partial charge in [-0.25, -0.2) is 0 Å². The highest BCUT2D eigenvalue weighted by Gasteiger charge is 1.98. The van der Waals surface area contributed by atoms with Crippen LogP contribution in [0.15, 0.2) is 24.3 Å². The van der Waals surface area contributed by atoms with E-state index < -0.39 is 0 Å². The van der Waals surface area contributed by atoms with E-state index in [0.29, 0.717) is 5.92 Å². The molecule has 0 aromatic heterocycles. The summed E-state index contributed by atoms with van der Waals surface area (Å²) in [5.41, 5.74) is 1.57. The zero-order valence-corrected chi connectivity index (χ0v) is 8.06. The van der Waals surface area contributed by atoms with E-state index in [9.17, 15) is 0 Å². The summed E-state index contributed by atoms with van der Waals surface area (Å²) >= 11 is 0. The molecule has 1 unspecified atom stereocenters.